The highest BCUT2D eigenvalue weighted by molar-refractivity contribution is 6.00. The van der Waals surface area contributed by atoms with Gasteiger partial charge in [0.25, 0.3) is 5.91 Å². The standard InChI is InChI=1S/C26H23N3O3/c1-28(16-20-9-12-24-25(15-20)32-18-31-24)26(30)23-6-3-2-5-22(23)21-10-7-19(8-11-21)17-29-14-4-13-27-29/h2-15H,16-18H2,1H3. The van der Waals surface area contributed by atoms with Crippen molar-refractivity contribution < 1.29 is 14.3 Å². The Bertz CT molecular complexity index is 1230. The molecule has 0 unspecified atom stereocenters. The van der Waals surface area contributed by atoms with E-state index in [4.69, 9.17) is 9.47 Å². The molecule has 0 fully saturated rings. The van der Waals surface area contributed by atoms with Crippen LogP contribution in [0.1, 0.15) is 21.5 Å². The second kappa shape index (κ2) is 8.59. The number of amides is 1. The monoisotopic (exact) mass is 425 g/mol. The molecule has 0 atom stereocenters. The normalized spacial score (nSPS) is 12.0. The van der Waals surface area contributed by atoms with Crippen LogP contribution < -0.4 is 9.47 Å². The third kappa shape index (κ3) is 4.07. The Labute approximate surface area is 186 Å². The van der Waals surface area contributed by atoms with Gasteiger partial charge in [-0.3, -0.25) is 9.48 Å². The molecule has 32 heavy (non-hydrogen) atoms. The summed E-state index contributed by atoms with van der Waals surface area (Å²) in [5.74, 6) is 1.43. The zero-order valence-corrected chi connectivity index (χ0v) is 17.8. The molecule has 1 amide bonds. The summed E-state index contributed by atoms with van der Waals surface area (Å²) in [6.45, 7) is 1.43. The van der Waals surface area contributed by atoms with Gasteiger partial charge in [0.2, 0.25) is 6.79 Å². The van der Waals surface area contributed by atoms with Crippen LogP contribution >= 0.6 is 0 Å². The Kier molecular flexibility index (Phi) is 5.34. The Morgan fingerprint density at radius 1 is 0.969 bits per heavy atom. The molecular weight excluding hydrogens is 402 g/mol. The first-order chi connectivity index (χ1) is 15.7. The minimum absolute atomic E-state index is 0.0288. The first-order valence-electron chi connectivity index (χ1n) is 10.5. The smallest absolute Gasteiger partial charge is 0.254 e. The molecule has 0 N–H and O–H groups in total. The van der Waals surface area contributed by atoms with Crippen molar-refractivity contribution >= 4 is 5.91 Å². The fraction of sp³-hybridized carbons (Fsp3) is 0.154. The Hall–Kier alpha value is -4.06. The van der Waals surface area contributed by atoms with E-state index in [1.54, 1.807) is 11.1 Å². The third-order valence-electron chi connectivity index (χ3n) is 5.53. The van der Waals surface area contributed by atoms with Crippen LogP contribution in [-0.4, -0.2) is 34.4 Å². The molecule has 2 heterocycles. The number of nitrogens with zero attached hydrogens (tertiary/aromatic N) is 3. The zero-order valence-electron chi connectivity index (χ0n) is 17.8. The van der Waals surface area contributed by atoms with Gasteiger partial charge in [0, 0.05) is 31.5 Å². The maximum Gasteiger partial charge on any atom is 0.254 e. The number of carbonyl (C=O) groups excluding carboxylic acids is 1. The summed E-state index contributed by atoms with van der Waals surface area (Å²) < 4.78 is 12.7. The second-order valence-electron chi connectivity index (χ2n) is 7.79. The van der Waals surface area contributed by atoms with Crippen LogP contribution in [0.2, 0.25) is 0 Å². The van der Waals surface area contributed by atoms with Crippen molar-refractivity contribution in [2.75, 3.05) is 13.8 Å². The minimum Gasteiger partial charge on any atom is -0.454 e. The van der Waals surface area contributed by atoms with Crippen molar-refractivity contribution in [1.29, 1.82) is 0 Å². The van der Waals surface area contributed by atoms with E-state index in [0.717, 1.165) is 33.8 Å². The summed E-state index contributed by atoms with van der Waals surface area (Å²) in [5, 5.41) is 4.25. The summed E-state index contributed by atoms with van der Waals surface area (Å²) in [5.41, 5.74) is 4.75. The lowest BCUT2D eigenvalue weighted by atomic mass is 9.97. The fourth-order valence-corrected chi connectivity index (χ4v) is 3.88. The topological polar surface area (TPSA) is 56.6 Å². The van der Waals surface area contributed by atoms with Crippen molar-refractivity contribution in [3.63, 3.8) is 0 Å². The molecule has 3 aromatic carbocycles. The quantitative estimate of drug-likeness (QED) is 0.453. The molecule has 0 radical (unpaired) electrons. The molecule has 0 saturated carbocycles. The van der Waals surface area contributed by atoms with E-state index in [1.165, 1.54) is 0 Å². The number of ether oxygens (including phenoxy) is 2. The van der Waals surface area contributed by atoms with E-state index < -0.39 is 0 Å². The third-order valence-corrected chi connectivity index (χ3v) is 5.53. The van der Waals surface area contributed by atoms with E-state index in [0.29, 0.717) is 18.7 Å². The molecular formula is C26H23N3O3. The SMILES string of the molecule is CN(Cc1ccc2c(c1)OCO2)C(=O)c1ccccc1-c1ccc(Cn2cccn2)cc1. The Morgan fingerprint density at radius 3 is 2.56 bits per heavy atom. The predicted molar refractivity (Wildman–Crippen MR) is 122 cm³/mol. The van der Waals surface area contributed by atoms with E-state index in [-0.39, 0.29) is 12.7 Å². The van der Waals surface area contributed by atoms with E-state index in [9.17, 15) is 4.79 Å². The summed E-state index contributed by atoms with van der Waals surface area (Å²) in [7, 11) is 1.82. The van der Waals surface area contributed by atoms with Crippen LogP contribution in [0, 0.1) is 0 Å². The zero-order chi connectivity index (χ0) is 21.9. The van der Waals surface area contributed by atoms with Gasteiger partial charge in [-0.2, -0.15) is 5.10 Å². The summed E-state index contributed by atoms with van der Waals surface area (Å²) >= 11 is 0. The first kappa shape index (κ1) is 19.9. The number of fused-ring (bicyclic) bond motifs is 1. The second-order valence-corrected chi connectivity index (χ2v) is 7.79. The molecule has 6 nitrogen and oxygen atoms in total. The predicted octanol–water partition coefficient (Wildman–Crippen LogP) is 4.60. The molecule has 0 aliphatic carbocycles. The molecule has 0 saturated heterocycles. The molecule has 0 spiro atoms. The molecule has 160 valence electrons. The highest BCUT2D eigenvalue weighted by Gasteiger charge is 2.19. The molecule has 5 rings (SSSR count). The molecule has 1 aliphatic heterocycles. The van der Waals surface area contributed by atoms with Gasteiger partial charge in [0.1, 0.15) is 0 Å². The van der Waals surface area contributed by atoms with Crippen molar-refractivity contribution in [1.82, 2.24) is 14.7 Å². The van der Waals surface area contributed by atoms with Gasteiger partial charge in [0.15, 0.2) is 11.5 Å². The lowest BCUT2D eigenvalue weighted by molar-refractivity contribution is 0.0785. The largest absolute Gasteiger partial charge is 0.454 e. The maximum absolute atomic E-state index is 13.3. The van der Waals surface area contributed by atoms with Crippen LogP contribution in [0.25, 0.3) is 11.1 Å². The first-order valence-corrected chi connectivity index (χ1v) is 10.5. The van der Waals surface area contributed by atoms with Gasteiger partial charge in [-0.05, 0) is 46.5 Å². The number of carbonyl (C=O) groups is 1. The number of aromatic nitrogens is 2. The number of rotatable bonds is 6. The number of hydrogen-bond acceptors (Lipinski definition) is 4. The van der Waals surface area contributed by atoms with Gasteiger partial charge in [-0.25, -0.2) is 0 Å². The highest BCUT2D eigenvalue weighted by atomic mass is 16.7. The number of benzene rings is 3. The van der Waals surface area contributed by atoms with Gasteiger partial charge in [-0.15, -0.1) is 0 Å². The molecule has 4 aromatic rings. The van der Waals surface area contributed by atoms with Crippen LogP contribution in [0.15, 0.2) is 85.2 Å². The lowest BCUT2D eigenvalue weighted by Crippen LogP contribution is -2.26. The fourth-order valence-electron chi connectivity index (χ4n) is 3.88. The van der Waals surface area contributed by atoms with Gasteiger partial charge in [-0.1, -0.05) is 48.5 Å². The summed E-state index contributed by atoms with van der Waals surface area (Å²) in [6.07, 6.45) is 3.72. The van der Waals surface area contributed by atoms with E-state index in [1.807, 2.05) is 66.5 Å². The molecule has 0 bridgehead atoms. The van der Waals surface area contributed by atoms with Crippen LogP contribution in [-0.2, 0) is 13.1 Å². The number of hydrogen-bond donors (Lipinski definition) is 0. The molecule has 1 aliphatic rings. The lowest BCUT2D eigenvalue weighted by Gasteiger charge is -2.19. The molecule has 6 heteroatoms. The van der Waals surface area contributed by atoms with Crippen molar-refractivity contribution in [2.45, 2.75) is 13.1 Å². The Morgan fingerprint density at radius 2 is 1.75 bits per heavy atom. The van der Waals surface area contributed by atoms with Crippen LogP contribution in [0.4, 0.5) is 0 Å². The Balaban J connectivity index is 1.34. The van der Waals surface area contributed by atoms with Crippen molar-refractivity contribution in [3.8, 4) is 22.6 Å². The van der Waals surface area contributed by atoms with Gasteiger partial charge in [0.05, 0.1) is 6.54 Å². The van der Waals surface area contributed by atoms with Crippen LogP contribution in [0.5, 0.6) is 11.5 Å². The van der Waals surface area contributed by atoms with Crippen LogP contribution in [0.3, 0.4) is 0 Å². The average Bonchev–Trinajstić information content (AvgIpc) is 3.51. The van der Waals surface area contributed by atoms with Gasteiger partial charge < -0.3 is 14.4 Å². The van der Waals surface area contributed by atoms with E-state index in [2.05, 4.69) is 29.4 Å². The summed E-state index contributed by atoms with van der Waals surface area (Å²) in [6, 6.07) is 23.7. The summed E-state index contributed by atoms with van der Waals surface area (Å²) in [4.78, 5) is 15.0. The highest BCUT2D eigenvalue weighted by Crippen LogP contribution is 2.33. The average molecular weight is 425 g/mol. The van der Waals surface area contributed by atoms with Crippen molar-refractivity contribution in [2.24, 2.45) is 0 Å². The molecule has 1 aromatic heterocycles. The van der Waals surface area contributed by atoms with Gasteiger partial charge >= 0.3 is 0 Å². The minimum atomic E-state index is -0.0288. The van der Waals surface area contributed by atoms with Crippen molar-refractivity contribution in [3.05, 3.63) is 102 Å². The maximum atomic E-state index is 13.3. The van der Waals surface area contributed by atoms with E-state index >= 15 is 0 Å².